The third-order valence-corrected chi connectivity index (χ3v) is 5.71. The van der Waals surface area contributed by atoms with Crippen molar-refractivity contribution in [2.45, 2.75) is 10.9 Å². The highest BCUT2D eigenvalue weighted by Crippen LogP contribution is 2.25. The number of benzene rings is 2. The highest BCUT2D eigenvalue weighted by molar-refractivity contribution is 8.01. The Morgan fingerprint density at radius 3 is 2.50 bits per heavy atom. The van der Waals surface area contributed by atoms with Gasteiger partial charge in [-0.25, -0.2) is 0 Å². The van der Waals surface area contributed by atoms with Crippen LogP contribution < -0.4 is 20.1 Å². The molecule has 2 N–H and O–H groups in total. The normalized spacial score (nSPS) is 10.3. The Morgan fingerprint density at radius 1 is 1.00 bits per heavy atom. The van der Waals surface area contributed by atoms with Crippen molar-refractivity contribution in [1.29, 1.82) is 0 Å². The largest absolute Gasteiger partial charge is 0.497 e. The van der Waals surface area contributed by atoms with Crippen LogP contribution in [0.2, 0.25) is 0 Å². The van der Waals surface area contributed by atoms with Crippen molar-refractivity contribution in [3.05, 3.63) is 60.2 Å². The minimum absolute atomic E-state index is 0.118. The predicted molar refractivity (Wildman–Crippen MR) is 116 cm³/mol. The number of carbonyl (C=O) groups excluding carboxylic acids is 2. The zero-order valence-corrected chi connectivity index (χ0v) is 17.8. The van der Waals surface area contributed by atoms with Gasteiger partial charge in [0.2, 0.25) is 11.0 Å². The molecule has 0 aliphatic carbocycles. The molecule has 0 fully saturated rings. The second-order valence-electron chi connectivity index (χ2n) is 5.94. The third kappa shape index (κ3) is 7.05. The number of nitrogens with zero attached hydrogens (tertiary/aromatic N) is 2. The molecule has 1 aromatic heterocycles. The van der Waals surface area contributed by atoms with Crippen LogP contribution in [0.4, 0.5) is 5.13 Å². The van der Waals surface area contributed by atoms with Gasteiger partial charge in [-0.3, -0.25) is 14.9 Å². The molecule has 0 saturated heterocycles. The van der Waals surface area contributed by atoms with Crippen molar-refractivity contribution in [3.8, 4) is 11.5 Å². The zero-order chi connectivity index (χ0) is 21.2. The van der Waals surface area contributed by atoms with Crippen LogP contribution in [-0.4, -0.2) is 41.5 Å². The lowest BCUT2D eigenvalue weighted by Crippen LogP contribution is -2.24. The van der Waals surface area contributed by atoms with E-state index in [0.717, 1.165) is 11.3 Å². The van der Waals surface area contributed by atoms with E-state index in [9.17, 15) is 9.59 Å². The number of nitrogens with one attached hydrogen (secondary N) is 2. The maximum Gasteiger partial charge on any atom is 0.264 e. The number of methoxy groups -OCH3 is 1. The average Bonchev–Trinajstić information content (AvgIpc) is 3.23. The molecule has 30 heavy (non-hydrogen) atoms. The van der Waals surface area contributed by atoms with Crippen molar-refractivity contribution in [2.75, 3.05) is 24.8 Å². The molecule has 0 saturated carbocycles. The van der Waals surface area contributed by atoms with E-state index in [1.54, 1.807) is 19.2 Å². The summed E-state index contributed by atoms with van der Waals surface area (Å²) < 4.78 is 11.1. The molecule has 2 aromatic carbocycles. The van der Waals surface area contributed by atoms with Gasteiger partial charge in [-0.1, -0.05) is 53.4 Å². The van der Waals surface area contributed by atoms with Gasteiger partial charge in [0.1, 0.15) is 11.5 Å². The second-order valence-corrected chi connectivity index (χ2v) is 8.14. The summed E-state index contributed by atoms with van der Waals surface area (Å²) in [6.45, 7) is 0.308. The van der Waals surface area contributed by atoms with Crippen LogP contribution >= 0.6 is 23.1 Å². The number of ether oxygens (including phenoxy) is 2. The van der Waals surface area contributed by atoms with Gasteiger partial charge in [0.25, 0.3) is 5.91 Å². The molecule has 2 amide bonds. The van der Waals surface area contributed by atoms with Gasteiger partial charge in [-0.05, 0) is 29.8 Å². The molecule has 0 radical (unpaired) electrons. The van der Waals surface area contributed by atoms with Crippen molar-refractivity contribution < 1.29 is 19.1 Å². The maximum absolute atomic E-state index is 12.0. The SMILES string of the molecule is COc1ccc(CNC(=O)CSc2nnc(NC(=O)COc3ccccc3)s2)cc1. The van der Waals surface area contributed by atoms with Gasteiger partial charge < -0.3 is 14.8 Å². The topological polar surface area (TPSA) is 102 Å². The Kier molecular flexibility index (Phi) is 8.04. The number of aromatic nitrogens is 2. The molecule has 0 bridgehead atoms. The Balaban J connectivity index is 1.37. The fraction of sp³-hybridized carbons (Fsp3) is 0.200. The summed E-state index contributed by atoms with van der Waals surface area (Å²) in [6.07, 6.45) is 0. The van der Waals surface area contributed by atoms with E-state index in [1.165, 1.54) is 23.1 Å². The molecule has 8 nitrogen and oxygen atoms in total. The van der Waals surface area contributed by atoms with Gasteiger partial charge >= 0.3 is 0 Å². The summed E-state index contributed by atoms with van der Waals surface area (Å²) in [4.78, 5) is 24.0. The maximum atomic E-state index is 12.0. The summed E-state index contributed by atoms with van der Waals surface area (Å²) in [6, 6.07) is 16.5. The van der Waals surface area contributed by atoms with Crippen molar-refractivity contribution in [3.63, 3.8) is 0 Å². The highest BCUT2D eigenvalue weighted by Gasteiger charge is 2.11. The number of amides is 2. The van der Waals surface area contributed by atoms with Crippen molar-refractivity contribution in [2.24, 2.45) is 0 Å². The van der Waals surface area contributed by atoms with E-state index in [0.29, 0.717) is 21.8 Å². The first-order valence-corrected chi connectivity index (χ1v) is 10.8. The minimum Gasteiger partial charge on any atom is -0.497 e. The van der Waals surface area contributed by atoms with Gasteiger partial charge in [-0.15, -0.1) is 10.2 Å². The standard InChI is InChI=1S/C20H20N4O4S2/c1-27-15-9-7-14(8-10-15)11-21-18(26)13-29-20-24-23-19(30-20)22-17(25)12-28-16-5-3-2-4-6-16/h2-10H,11-13H2,1H3,(H,21,26)(H,22,23,25). The quantitative estimate of drug-likeness (QED) is 0.366. The molecule has 3 rings (SSSR count). The lowest BCUT2D eigenvalue weighted by Gasteiger charge is -2.05. The molecule has 10 heteroatoms. The van der Waals surface area contributed by atoms with E-state index in [-0.39, 0.29) is 24.2 Å². The lowest BCUT2D eigenvalue weighted by molar-refractivity contribution is -0.119. The van der Waals surface area contributed by atoms with E-state index in [4.69, 9.17) is 9.47 Å². The number of para-hydroxylation sites is 1. The number of hydrogen-bond donors (Lipinski definition) is 2. The third-order valence-electron chi connectivity index (χ3n) is 3.74. The van der Waals surface area contributed by atoms with Gasteiger partial charge in [0.05, 0.1) is 12.9 Å². The number of thioether (sulfide) groups is 1. The molecule has 0 spiro atoms. The highest BCUT2D eigenvalue weighted by atomic mass is 32.2. The van der Waals surface area contributed by atoms with Crippen LogP contribution in [0.15, 0.2) is 58.9 Å². The summed E-state index contributed by atoms with van der Waals surface area (Å²) in [7, 11) is 1.61. The lowest BCUT2D eigenvalue weighted by atomic mass is 10.2. The summed E-state index contributed by atoms with van der Waals surface area (Å²) in [5.74, 6) is 1.14. The summed E-state index contributed by atoms with van der Waals surface area (Å²) in [5, 5.41) is 13.7. The number of anilines is 1. The fourth-order valence-corrected chi connectivity index (χ4v) is 3.86. The monoisotopic (exact) mass is 444 g/mol. The molecule has 0 aliphatic rings. The predicted octanol–water partition coefficient (Wildman–Crippen LogP) is 2.97. The number of rotatable bonds is 10. The van der Waals surface area contributed by atoms with E-state index >= 15 is 0 Å². The van der Waals surface area contributed by atoms with E-state index < -0.39 is 0 Å². The molecule has 0 aliphatic heterocycles. The fourth-order valence-electron chi connectivity index (χ4n) is 2.26. The Hall–Kier alpha value is -3.11. The van der Waals surface area contributed by atoms with Crippen LogP contribution in [0.1, 0.15) is 5.56 Å². The van der Waals surface area contributed by atoms with E-state index in [1.807, 2.05) is 42.5 Å². The second kappa shape index (κ2) is 11.2. The van der Waals surface area contributed by atoms with Gasteiger partial charge in [0.15, 0.2) is 10.9 Å². The van der Waals surface area contributed by atoms with Gasteiger partial charge in [-0.2, -0.15) is 0 Å². The number of hydrogen-bond acceptors (Lipinski definition) is 8. The van der Waals surface area contributed by atoms with Crippen LogP contribution in [0, 0.1) is 0 Å². The molecule has 0 unspecified atom stereocenters. The van der Waals surface area contributed by atoms with Gasteiger partial charge in [0, 0.05) is 6.54 Å². The van der Waals surface area contributed by atoms with Crippen molar-refractivity contribution in [1.82, 2.24) is 15.5 Å². The molecular formula is C20H20N4O4S2. The molecular weight excluding hydrogens is 424 g/mol. The Morgan fingerprint density at radius 2 is 1.77 bits per heavy atom. The molecule has 156 valence electrons. The van der Waals surface area contributed by atoms with Crippen LogP contribution in [-0.2, 0) is 16.1 Å². The first kappa shape index (κ1) is 21.6. The summed E-state index contributed by atoms with van der Waals surface area (Å²) in [5.41, 5.74) is 0.979. The Bertz CT molecular complexity index is 964. The summed E-state index contributed by atoms with van der Waals surface area (Å²) >= 11 is 2.46. The van der Waals surface area contributed by atoms with Crippen LogP contribution in [0.5, 0.6) is 11.5 Å². The van der Waals surface area contributed by atoms with E-state index in [2.05, 4.69) is 20.8 Å². The zero-order valence-electron chi connectivity index (χ0n) is 16.2. The molecule has 1 heterocycles. The average molecular weight is 445 g/mol. The first-order valence-electron chi connectivity index (χ1n) is 8.96. The van der Waals surface area contributed by atoms with Crippen molar-refractivity contribution >= 4 is 40.0 Å². The smallest absolute Gasteiger partial charge is 0.264 e. The minimum atomic E-state index is -0.330. The number of carbonyl (C=O) groups is 2. The molecule has 3 aromatic rings. The van der Waals surface area contributed by atoms with Crippen LogP contribution in [0.25, 0.3) is 0 Å². The Labute approximate surface area is 182 Å². The first-order chi connectivity index (χ1) is 14.6. The van der Waals surface area contributed by atoms with Crippen LogP contribution in [0.3, 0.4) is 0 Å². The molecule has 0 atom stereocenters.